The molecule has 0 saturated heterocycles. The van der Waals surface area contributed by atoms with Crippen LogP contribution in [0.1, 0.15) is 0 Å². The molecular weight excluding hydrogens is 223 g/mol. The van der Waals surface area contributed by atoms with Crippen molar-refractivity contribution in [1.82, 2.24) is 20.2 Å². The maximum absolute atomic E-state index is 5.99. The van der Waals surface area contributed by atoms with Gasteiger partial charge in [0.15, 0.2) is 0 Å². The molecule has 1 aromatic heterocycles. The Balaban J connectivity index is 2.57. The standard InChI is InChI=1S/C8H6Cl2N4/c1-14-12-8(11-13-14)5-3-2-4-6(9)7(5)10/h2-4H,1H3. The molecule has 2 rings (SSSR count). The summed E-state index contributed by atoms with van der Waals surface area (Å²) in [6.45, 7) is 0. The molecule has 1 aromatic carbocycles. The zero-order valence-electron chi connectivity index (χ0n) is 7.28. The maximum atomic E-state index is 5.99. The summed E-state index contributed by atoms with van der Waals surface area (Å²) in [5.41, 5.74) is 0.687. The van der Waals surface area contributed by atoms with Crippen molar-refractivity contribution in [3.05, 3.63) is 28.2 Å². The van der Waals surface area contributed by atoms with E-state index in [-0.39, 0.29) is 0 Å². The van der Waals surface area contributed by atoms with Gasteiger partial charge in [0.1, 0.15) is 0 Å². The van der Waals surface area contributed by atoms with Crippen LogP contribution in [0.25, 0.3) is 11.4 Å². The molecule has 0 radical (unpaired) electrons. The molecule has 0 aliphatic heterocycles. The Kier molecular flexibility index (Phi) is 2.39. The number of nitrogens with zero attached hydrogens (tertiary/aromatic N) is 4. The highest BCUT2D eigenvalue weighted by atomic mass is 35.5. The fourth-order valence-electron chi connectivity index (χ4n) is 1.07. The van der Waals surface area contributed by atoms with Crippen molar-refractivity contribution in [2.24, 2.45) is 7.05 Å². The molecule has 0 N–H and O–H groups in total. The number of aryl methyl sites for hydroxylation is 1. The van der Waals surface area contributed by atoms with E-state index >= 15 is 0 Å². The molecule has 14 heavy (non-hydrogen) atoms. The Hall–Kier alpha value is -1.13. The third-order valence-corrected chi connectivity index (χ3v) is 2.52. The summed E-state index contributed by atoms with van der Waals surface area (Å²) in [6, 6.07) is 5.30. The Labute approximate surface area is 90.4 Å². The van der Waals surface area contributed by atoms with Crippen molar-refractivity contribution in [1.29, 1.82) is 0 Å². The molecule has 0 saturated carbocycles. The van der Waals surface area contributed by atoms with Crippen LogP contribution >= 0.6 is 23.2 Å². The van der Waals surface area contributed by atoms with Gasteiger partial charge >= 0.3 is 0 Å². The lowest BCUT2D eigenvalue weighted by atomic mass is 10.2. The van der Waals surface area contributed by atoms with Crippen LogP contribution in [0, 0.1) is 0 Å². The molecule has 0 fully saturated rings. The zero-order valence-corrected chi connectivity index (χ0v) is 8.79. The number of hydrogen-bond donors (Lipinski definition) is 0. The number of benzene rings is 1. The Bertz CT molecular complexity index is 466. The number of rotatable bonds is 1. The normalized spacial score (nSPS) is 10.5. The molecule has 0 bridgehead atoms. The minimum absolute atomic E-state index is 0.446. The van der Waals surface area contributed by atoms with Gasteiger partial charge in [0.05, 0.1) is 17.1 Å². The van der Waals surface area contributed by atoms with E-state index in [0.717, 1.165) is 0 Å². The van der Waals surface area contributed by atoms with Gasteiger partial charge in [0, 0.05) is 5.56 Å². The van der Waals surface area contributed by atoms with E-state index in [0.29, 0.717) is 21.4 Å². The highest BCUT2D eigenvalue weighted by molar-refractivity contribution is 6.43. The zero-order chi connectivity index (χ0) is 10.1. The van der Waals surface area contributed by atoms with Crippen molar-refractivity contribution in [3.8, 4) is 11.4 Å². The van der Waals surface area contributed by atoms with Gasteiger partial charge in [-0.25, -0.2) is 0 Å². The van der Waals surface area contributed by atoms with Crippen LogP contribution in [0.2, 0.25) is 10.0 Å². The van der Waals surface area contributed by atoms with Gasteiger partial charge in [0.25, 0.3) is 0 Å². The summed E-state index contributed by atoms with van der Waals surface area (Å²) in [7, 11) is 1.69. The fraction of sp³-hybridized carbons (Fsp3) is 0.125. The molecule has 0 spiro atoms. The molecule has 0 aliphatic carbocycles. The van der Waals surface area contributed by atoms with E-state index in [1.165, 1.54) is 4.80 Å². The Morgan fingerprint density at radius 2 is 2.07 bits per heavy atom. The second-order valence-electron chi connectivity index (χ2n) is 2.70. The van der Waals surface area contributed by atoms with Crippen LogP contribution in [0.15, 0.2) is 18.2 Å². The van der Waals surface area contributed by atoms with Crippen LogP contribution in [0.3, 0.4) is 0 Å². The molecule has 72 valence electrons. The first kappa shape index (κ1) is 9.43. The summed E-state index contributed by atoms with van der Waals surface area (Å²) in [4.78, 5) is 1.37. The van der Waals surface area contributed by atoms with E-state index < -0.39 is 0 Å². The van der Waals surface area contributed by atoms with Crippen LogP contribution < -0.4 is 0 Å². The molecular formula is C8H6Cl2N4. The van der Waals surface area contributed by atoms with Crippen molar-refractivity contribution in [3.63, 3.8) is 0 Å². The molecule has 2 aromatic rings. The summed E-state index contributed by atoms with van der Waals surface area (Å²) >= 11 is 11.8. The van der Waals surface area contributed by atoms with E-state index in [1.807, 2.05) is 0 Å². The van der Waals surface area contributed by atoms with Crippen LogP contribution in [-0.4, -0.2) is 20.2 Å². The summed E-state index contributed by atoms with van der Waals surface area (Å²) in [5.74, 6) is 0.472. The van der Waals surface area contributed by atoms with Gasteiger partial charge in [0.2, 0.25) is 5.82 Å². The van der Waals surface area contributed by atoms with Gasteiger partial charge in [-0.05, 0) is 17.3 Å². The smallest absolute Gasteiger partial charge is 0.167 e. The number of hydrogen-bond acceptors (Lipinski definition) is 3. The van der Waals surface area contributed by atoms with E-state index in [4.69, 9.17) is 23.2 Å². The summed E-state index contributed by atoms with van der Waals surface area (Å²) < 4.78 is 0. The Morgan fingerprint density at radius 1 is 1.29 bits per heavy atom. The molecule has 0 amide bonds. The second-order valence-corrected chi connectivity index (χ2v) is 3.49. The fourth-order valence-corrected chi connectivity index (χ4v) is 1.45. The highest BCUT2D eigenvalue weighted by Gasteiger charge is 2.10. The monoisotopic (exact) mass is 228 g/mol. The lowest BCUT2D eigenvalue weighted by Gasteiger charge is -1.99. The predicted octanol–water partition coefficient (Wildman–Crippen LogP) is 2.18. The third-order valence-electron chi connectivity index (χ3n) is 1.70. The average Bonchev–Trinajstić information content (AvgIpc) is 2.57. The van der Waals surface area contributed by atoms with Crippen molar-refractivity contribution in [2.75, 3.05) is 0 Å². The highest BCUT2D eigenvalue weighted by Crippen LogP contribution is 2.30. The van der Waals surface area contributed by atoms with Crippen molar-refractivity contribution in [2.45, 2.75) is 0 Å². The van der Waals surface area contributed by atoms with Crippen LogP contribution in [-0.2, 0) is 7.05 Å². The van der Waals surface area contributed by atoms with Gasteiger partial charge in [-0.1, -0.05) is 29.3 Å². The number of aromatic nitrogens is 4. The maximum Gasteiger partial charge on any atom is 0.206 e. The molecule has 1 heterocycles. The summed E-state index contributed by atoms with van der Waals surface area (Å²) in [6.07, 6.45) is 0. The van der Waals surface area contributed by atoms with E-state index in [1.54, 1.807) is 25.2 Å². The number of halogens is 2. The van der Waals surface area contributed by atoms with E-state index in [2.05, 4.69) is 15.4 Å². The minimum atomic E-state index is 0.446. The minimum Gasteiger partial charge on any atom is -0.167 e. The van der Waals surface area contributed by atoms with Crippen molar-refractivity contribution >= 4 is 23.2 Å². The largest absolute Gasteiger partial charge is 0.206 e. The van der Waals surface area contributed by atoms with Gasteiger partial charge < -0.3 is 0 Å². The molecule has 4 nitrogen and oxygen atoms in total. The lowest BCUT2D eigenvalue weighted by molar-refractivity contribution is 0.630. The molecule has 0 aliphatic rings. The number of tetrazole rings is 1. The first-order chi connectivity index (χ1) is 6.68. The molecule has 0 unspecified atom stereocenters. The second kappa shape index (κ2) is 3.55. The predicted molar refractivity (Wildman–Crippen MR) is 54.3 cm³/mol. The Morgan fingerprint density at radius 3 is 2.71 bits per heavy atom. The quantitative estimate of drug-likeness (QED) is 0.752. The lowest BCUT2D eigenvalue weighted by Crippen LogP contribution is -1.92. The van der Waals surface area contributed by atoms with Gasteiger partial charge in [-0.2, -0.15) is 4.80 Å². The van der Waals surface area contributed by atoms with Crippen LogP contribution in [0.5, 0.6) is 0 Å². The first-order valence-corrected chi connectivity index (χ1v) is 4.62. The van der Waals surface area contributed by atoms with Crippen molar-refractivity contribution < 1.29 is 0 Å². The van der Waals surface area contributed by atoms with Gasteiger partial charge in [-0.15, -0.1) is 10.2 Å². The SMILES string of the molecule is Cn1nnc(-c2cccc(Cl)c2Cl)n1. The third kappa shape index (κ3) is 1.58. The van der Waals surface area contributed by atoms with Gasteiger partial charge in [-0.3, -0.25) is 0 Å². The summed E-state index contributed by atoms with van der Waals surface area (Å²) in [5, 5.41) is 12.5. The van der Waals surface area contributed by atoms with Crippen LogP contribution in [0.4, 0.5) is 0 Å². The topological polar surface area (TPSA) is 43.6 Å². The van der Waals surface area contributed by atoms with E-state index in [9.17, 15) is 0 Å². The molecule has 6 heteroatoms. The molecule has 0 atom stereocenters. The average molecular weight is 229 g/mol. The first-order valence-electron chi connectivity index (χ1n) is 3.87.